The van der Waals surface area contributed by atoms with Crippen LogP contribution < -0.4 is 10.2 Å². The average molecular weight is 533 g/mol. The molecule has 2 aromatic heterocycles. The fraction of sp³-hybridized carbons (Fsp3) is 0.250. The summed E-state index contributed by atoms with van der Waals surface area (Å²) < 4.78 is 17.0. The topological polar surface area (TPSA) is 67.2 Å². The summed E-state index contributed by atoms with van der Waals surface area (Å²) in [5.41, 5.74) is 3.70. The Morgan fingerprint density at radius 2 is 1.89 bits per heavy atom. The van der Waals surface area contributed by atoms with E-state index in [1.165, 1.54) is 22.7 Å². The van der Waals surface area contributed by atoms with Gasteiger partial charge < -0.3 is 5.32 Å². The lowest BCUT2D eigenvalue weighted by molar-refractivity contribution is -0.123. The summed E-state index contributed by atoms with van der Waals surface area (Å²) in [6.07, 6.45) is 1.92. The van der Waals surface area contributed by atoms with Crippen LogP contribution in [0.15, 0.2) is 66.0 Å². The van der Waals surface area contributed by atoms with E-state index in [1.54, 1.807) is 28.2 Å². The third-order valence-electron chi connectivity index (χ3n) is 6.62. The third-order valence-corrected chi connectivity index (χ3v) is 8.73. The van der Waals surface area contributed by atoms with E-state index in [4.69, 9.17) is 5.10 Å². The molecule has 1 saturated carbocycles. The lowest BCUT2D eigenvalue weighted by Crippen LogP contribution is -2.43. The Bertz CT molecular complexity index is 1480. The van der Waals surface area contributed by atoms with Gasteiger partial charge in [0.15, 0.2) is 0 Å². The van der Waals surface area contributed by atoms with E-state index in [0.29, 0.717) is 17.1 Å². The molecule has 9 heteroatoms. The highest BCUT2D eigenvalue weighted by Gasteiger charge is 2.39. The molecule has 6 nitrogen and oxygen atoms in total. The molecule has 6 rings (SSSR count). The van der Waals surface area contributed by atoms with Crippen molar-refractivity contribution in [2.45, 2.75) is 31.1 Å². The fourth-order valence-corrected chi connectivity index (χ4v) is 6.60. The minimum atomic E-state index is -0.480. The van der Waals surface area contributed by atoms with Crippen LogP contribution >= 0.6 is 23.1 Å². The van der Waals surface area contributed by atoms with Crippen LogP contribution in [0.3, 0.4) is 0 Å². The number of carbonyl (C=O) groups excluding carboxylic acids is 2. The van der Waals surface area contributed by atoms with E-state index < -0.39 is 5.25 Å². The average Bonchev–Trinajstić information content (AvgIpc) is 3.41. The molecule has 0 spiro atoms. The number of rotatable bonds is 6. The molecule has 1 aliphatic carbocycles. The molecule has 1 atom stereocenters. The Morgan fingerprint density at radius 1 is 1.11 bits per heavy atom. The van der Waals surface area contributed by atoms with Gasteiger partial charge in [0, 0.05) is 17.2 Å². The molecule has 4 aromatic rings. The zero-order chi connectivity index (χ0) is 25.5. The standard InChI is InChI=1S/C28H25FN4O2S2/c1-17-7-2-5-10-21(17)33-28-25(26(31-33)22-11-6-14-36-22)27(19-8-3-4-9-20(19)29)37-16-24(35)32(28)15-23(34)30-18-12-13-18/h2-11,14,18,27H,12-13,15-16H2,1H3,(H,30,34)/t27-/m0/s1. The molecule has 1 aliphatic heterocycles. The van der Waals surface area contributed by atoms with E-state index in [0.717, 1.165) is 34.5 Å². The number of amides is 2. The van der Waals surface area contributed by atoms with E-state index in [2.05, 4.69) is 5.32 Å². The van der Waals surface area contributed by atoms with Gasteiger partial charge in [-0.15, -0.1) is 23.1 Å². The summed E-state index contributed by atoms with van der Waals surface area (Å²) in [6.45, 7) is 1.87. The van der Waals surface area contributed by atoms with Crippen LogP contribution in [0, 0.1) is 12.7 Å². The number of thiophene rings is 1. The molecule has 1 N–H and O–H groups in total. The number of carbonyl (C=O) groups is 2. The number of halogens is 1. The normalized spacial score (nSPS) is 17.4. The molecule has 0 saturated heterocycles. The number of benzene rings is 2. The van der Waals surface area contributed by atoms with E-state index in [1.807, 2.05) is 54.8 Å². The quantitative estimate of drug-likeness (QED) is 0.356. The number of fused-ring (bicyclic) bond motifs is 1. The maximum atomic E-state index is 15.2. The SMILES string of the molecule is Cc1ccccc1-n1nc(-c2cccs2)c2c1N(CC(=O)NC1CC1)C(=O)CS[C@H]2c1ccccc1F. The smallest absolute Gasteiger partial charge is 0.240 e. The van der Waals surface area contributed by atoms with Crippen LogP contribution in [0.25, 0.3) is 16.3 Å². The Labute approximate surface area is 222 Å². The zero-order valence-corrected chi connectivity index (χ0v) is 21.8. The number of para-hydroxylation sites is 1. The molecule has 1 fully saturated rings. The fourth-order valence-electron chi connectivity index (χ4n) is 4.66. The molecule has 2 amide bonds. The third kappa shape index (κ3) is 4.57. The largest absolute Gasteiger partial charge is 0.352 e. The molecule has 2 aliphatic rings. The van der Waals surface area contributed by atoms with Gasteiger partial charge >= 0.3 is 0 Å². The molecular formula is C28H25FN4O2S2. The molecule has 2 aromatic carbocycles. The lowest BCUT2D eigenvalue weighted by Gasteiger charge is -2.23. The summed E-state index contributed by atoms with van der Waals surface area (Å²) in [5.74, 6) is -0.108. The maximum absolute atomic E-state index is 15.2. The molecule has 3 heterocycles. The summed E-state index contributed by atoms with van der Waals surface area (Å²) in [6, 6.07) is 18.6. The summed E-state index contributed by atoms with van der Waals surface area (Å²) in [4.78, 5) is 29.1. The zero-order valence-electron chi connectivity index (χ0n) is 20.2. The van der Waals surface area contributed by atoms with Gasteiger partial charge in [-0.1, -0.05) is 42.5 Å². The maximum Gasteiger partial charge on any atom is 0.240 e. The first kappa shape index (κ1) is 23.9. The number of aryl methyl sites for hydroxylation is 1. The van der Waals surface area contributed by atoms with Crippen molar-refractivity contribution in [2.75, 3.05) is 17.2 Å². The first-order chi connectivity index (χ1) is 18.0. The number of nitrogens with zero attached hydrogens (tertiary/aromatic N) is 3. The number of aromatic nitrogens is 2. The van der Waals surface area contributed by atoms with Crippen molar-refractivity contribution in [1.82, 2.24) is 15.1 Å². The van der Waals surface area contributed by atoms with Crippen LogP contribution in [0.1, 0.15) is 34.8 Å². The van der Waals surface area contributed by atoms with Crippen molar-refractivity contribution >= 4 is 40.7 Å². The second-order valence-electron chi connectivity index (χ2n) is 9.30. The van der Waals surface area contributed by atoms with E-state index in [-0.39, 0.29) is 36.0 Å². The predicted octanol–water partition coefficient (Wildman–Crippen LogP) is 5.50. The van der Waals surface area contributed by atoms with Gasteiger partial charge in [0.2, 0.25) is 11.8 Å². The second kappa shape index (κ2) is 9.79. The number of hydrogen-bond acceptors (Lipinski definition) is 5. The van der Waals surface area contributed by atoms with Crippen LogP contribution in [-0.2, 0) is 9.59 Å². The molecule has 188 valence electrons. The summed E-state index contributed by atoms with van der Waals surface area (Å²) in [5, 5.41) is 9.54. The van der Waals surface area contributed by atoms with Gasteiger partial charge in [-0.25, -0.2) is 9.07 Å². The molecule has 37 heavy (non-hydrogen) atoms. The van der Waals surface area contributed by atoms with E-state index in [9.17, 15) is 9.59 Å². The predicted molar refractivity (Wildman–Crippen MR) is 146 cm³/mol. The minimum absolute atomic E-state index is 0.113. The summed E-state index contributed by atoms with van der Waals surface area (Å²) in [7, 11) is 0. The van der Waals surface area contributed by atoms with Gasteiger partial charge in [-0.3, -0.25) is 14.5 Å². The van der Waals surface area contributed by atoms with Crippen molar-refractivity contribution in [1.29, 1.82) is 0 Å². The first-order valence-corrected chi connectivity index (χ1v) is 14.1. The Kier molecular flexibility index (Phi) is 6.34. The van der Waals surface area contributed by atoms with Gasteiger partial charge in [-0.2, -0.15) is 5.10 Å². The monoisotopic (exact) mass is 532 g/mol. The molecule has 0 unspecified atom stereocenters. The highest BCUT2D eigenvalue weighted by atomic mass is 32.2. The van der Waals surface area contributed by atoms with Gasteiger partial charge in [-0.05, 0) is 48.9 Å². The number of thioether (sulfide) groups is 1. The Balaban J connectivity index is 1.62. The van der Waals surface area contributed by atoms with Crippen LogP contribution in [0.5, 0.6) is 0 Å². The van der Waals surface area contributed by atoms with E-state index >= 15 is 4.39 Å². The minimum Gasteiger partial charge on any atom is -0.352 e. The van der Waals surface area contributed by atoms with Crippen LogP contribution in [0.2, 0.25) is 0 Å². The van der Waals surface area contributed by atoms with Crippen molar-refractivity contribution in [2.24, 2.45) is 0 Å². The van der Waals surface area contributed by atoms with Crippen LogP contribution in [0.4, 0.5) is 10.2 Å². The van der Waals surface area contributed by atoms with Crippen molar-refractivity contribution in [3.8, 4) is 16.3 Å². The molecular weight excluding hydrogens is 507 g/mol. The van der Waals surface area contributed by atoms with Gasteiger partial charge in [0.25, 0.3) is 0 Å². The van der Waals surface area contributed by atoms with Crippen molar-refractivity contribution in [3.63, 3.8) is 0 Å². The van der Waals surface area contributed by atoms with Gasteiger partial charge in [0.1, 0.15) is 23.9 Å². The highest BCUT2D eigenvalue weighted by Crippen LogP contribution is 2.49. The van der Waals surface area contributed by atoms with Crippen molar-refractivity contribution in [3.05, 3.63) is 88.6 Å². The second-order valence-corrected chi connectivity index (χ2v) is 11.3. The lowest BCUT2D eigenvalue weighted by atomic mass is 10.0. The number of nitrogens with one attached hydrogen (secondary N) is 1. The number of hydrogen-bond donors (Lipinski definition) is 1. The molecule has 0 radical (unpaired) electrons. The molecule has 0 bridgehead atoms. The highest BCUT2D eigenvalue weighted by molar-refractivity contribution is 8.00. The summed E-state index contributed by atoms with van der Waals surface area (Å²) >= 11 is 2.91. The van der Waals surface area contributed by atoms with Crippen LogP contribution in [-0.4, -0.2) is 39.9 Å². The first-order valence-electron chi connectivity index (χ1n) is 12.2. The number of anilines is 1. The van der Waals surface area contributed by atoms with Gasteiger partial charge in [0.05, 0.1) is 21.6 Å². The van der Waals surface area contributed by atoms with Crippen molar-refractivity contribution < 1.29 is 14.0 Å². The Morgan fingerprint density at radius 3 is 2.62 bits per heavy atom. The Hall–Kier alpha value is -3.43.